The molecule has 1 rings (SSSR count). The second kappa shape index (κ2) is 6.88. The smallest absolute Gasteiger partial charge is 0.0630 e. The molecule has 1 atom stereocenters. The van der Waals surface area contributed by atoms with Crippen molar-refractivity contribution in [3.63, 3.8) is 0 Å². The van der Waals surface area contributed by atoms with E-state index in [1.54, 1.807) is 0 Å². The van der Waals surface area contributed by atoms with Gasteiger partial charge < -0.3 is 10.1 Å². The fourth-order valence-electron chi connectivity index (χ4n) is 2.31. The standard InChI is InChI=1S/C15H32N2O/c1-12(2)10-17(13-7-8-13)14(11-18-6)9-16-15(3,4)5/h12-14,16H,7-11H2,1-6H3. The van der Waals surface area contributed by atoms with Crippen LogP contribution in [0.25, 0.3) is 0 Å². The Balaban J connectivity index is 2.55. The number of rotatable bonds is 8. The van der Waals surface area contributed by atoms with Crippen molar-refractivity contribution in [2.45, 2.75) is 65.1 Å². The molecule has 0 spiro atoms. The molecule has 3 heteroatoms. The predicted molar refractivity (Wildman–Crippen MR) is 78.0 cm³/mol. The van der Waals surface area contributed by atoms with E-state index in [1.165, 1.54) is 19.4 Å². The Kier molecular flexibility index (Phi) is 6.09. The van der Waals surface area contributed by atoms with E-state index in [0.29, 0.717) is 6.04 Å². The van der Waals surface area contributed by atoms with Crippen molar-refractivity contribution in [1.29, 1.82) is 0 Å². The predicted octanol–water partition coefficient (Wildman–Crippen LogP) is 2.51. The third-order valence-corrected chi connectivity index (χ3v) is 3.29. The summed E-state index contributed by atoms with van der Waals surface area (Å²) in [4.78, 5) is 2.66. The Morgan fingerprint density at radius 2 is 1.89 bits per heavy atom. The van der Waals surface area contributed by atoms with Crippen molar-refractivity contribution < 1.29 is 4.74 Å². The molecule has 0 bridgehead atoms. The number of hydrogen-bond acceptors (Lipinski definition) is 3. The van der Waals surface area contributed by atoms with Crippen LogP contribution < -0.4 is 5.32 Å². The Morgan fingerprint density at radius 1 is 1.28 bits per heavy atom. The Bertz CT molecular complexity index is 231. The van der Waals surface area contributed by atoms with E-state index in [0.717, 1.165) is 25.1 Å². The fraction of sp³-hybridized carbons (Fsp3) is 1.00. The van der Waals surface area contributed by atoms with E-state index < -0.39 is 0 Å². The van der Waals surface area contributed by atoms with Gasteiger partial charge in [0.25, 0.3) is 0 Å². The van der Waals surface area contributed by atoms with Crippen LogP contribution in [0.1, 0.15) is 47.5 Å². The summed E-state index contributed by atoms with van der Waals surface area (Å²) in [5, 5.41) is 3.62. The lowest BCUT2D eigenvalue weighted by molar-refractivity contribution is 0.0724. The first-order valence-corrected chi connectivity index (χ1v) is 7.33. The number of ether oxygens (including phenoxy) is 1. The average molecular weight is 256 g/mol. The molecule has 0 amide bonds. The first-order chi connectivity index (χ1) is 8.33. The molecule has 0 aromatic carbocycles. The van der Waals surface area contributed by atoms with Crippen molar-refractivity contribution in [1.82, 2.24) is 10.2 Å². The first-order valence-electron chi connectivity index (χ1n) is 7.33. The Hall–Kier alpha value is -0.120. The van der Waals surface area contributed by atoms with E-state index in [2.05, 4.69) is 44.8 Å². The number of methoxy groups -OCH3 is 1. The van der Waals surface area contributed by atoms with E-state index in [1.807, 2.05) is 7.11 Å². The van der Waals surface area contributed by atoms with E-state index in [-0.39, 0.29) is 5.54 Å². The van der Waals surface area contributed by atoms with Crippen LogP contribution in [0.15, 0.2) is 0 Å². The van der Waals surface area contributed by atoms with Gasteiger partial charge in [-0.05, 0) is 39.5 Å². The zero-order valence-corrected chi connectivity index (χ0v) is 13.1. The first kappa shape index (κ1) is 15.9. The highest BCUT2D eigenvalue weighted by molar-refractivity contribution is 4.90. The molecule has 1 N–H and O–H groups in total. The molecule has 0 radical (unpaired) electrons. The van der Waals surface area contributed by atoms with Crippen LogP contribution in [0.3, 0.4) is 0 Å². The lowest BCUT2D eigenvalue weighted by atomic mass is 10.1. The molecule has 1 unspecified atom stereocenters. The SMILES string of the molecule is COCC(CNC(C)(C)C)N(CC(C)C)C1CC1. The largest absolute Gasteiger partial charge is 0.383 e. The second-order valence-corrected chi connectivity index (χ2v) is 7.06. The monoisotopic (exact) mass is 256 g/mol. The average Bonchev–Trinajstić information content (AvgIpc) is 3.03. The Labute approximate surface area is 113 Å². The summed E-state index contributed by atoms with van der Waals surface area (Å²) in [6, 6.07) is 1.30. The molecule has 1 saturated carbocycles. The van der Waals surface area contributed by atoms with Crippen LogP contribution in [0.5, 0.6) is 0 Å². The van der Waals surface area contributed by atoms with Crippen molar-refractivity contribution in [3.05, 3.63) is 0 Å². The highest BCUT2D eigenvalue weighted by atomic mass is 16.5. The Morgan fingerprint density at radius 3 is 2.28 bits per heavy atom. The number of hydrogen-bond donors (Lipinski definition) is 1. The molecule has 0 aliphatic heterocycles. The number of nitrogens with zero attached hydrogens (tertiary/aromatic N) is 1. The van der Waals surface area contributed by atoms with E-state index in [9.17, 15) is 0 Å². The van der Waals surface area contributed by atoms with Crippen molar-refractivity contribution >= 4 is 0 Å². The molecular formula is C15H32N2O. The number of nitrogens with one attached hydrogen (secondary N) is 1. The molecule has 0 saturated heterocycles. The lowest BCUT2D eigenvalue weighted by Crippen LogP contribution is -2.51. The second-order valence-electron chi connectivity index (χ2n) is 7.06. The molecule has 108 valence electrons. The van der Waals surface area contributed by atoms with Crippen LogP contribution in [0, 0.1) is 5.92 Å². The molecular weight excluding hydrogens is 224 g/mol. The third kappa shape index (κ3) is 6.17. The molecule has 3 nitrogen and oxygen atoms in total. The quantitative estimate of drug-likeness (QED) is 0.722. The summed E-state index contributed by atoms with van der Waals surface area (Å²) in [5.74, 6) is 0.722. The fourth-order valence-corrected chi connectivity index (χ4v) is 2.31. The maximum absolute atomic E-state index is 5.43. The van der Waals surface area contributed by atoms with Crippen LogP contribution in [-0.2, 0) is 4.74 Å². The van der Waals surface area contributed by atoms with Gasteiger partial charge >= 0.3 is 0 Å². The van der Waals surface area contributed by atoms with Gasteiger partial charge in [0.05, 0.1) is 6.61 Å². The van der Waals surface area contributed by atoms with Gasteiger partial charge in [0.1, 0.15) is 0 Å². The van der Waals surface area contributed by atoms with Crippen LogP contribution in [0.4, 0.5) is 0 Å². The molecule has 18 heavy (non-hydrogen) atoms. The highest BCUT2D eigenvalue weighted by Gasteiger charge is 2.34. The van der Waals surface area contributed by atoms with Gasteiger partial charge in [0, 0.05) is 37.8 Å². The van der Waals surface area contributed by atoms with Gasteiger partial charge in [-0.15, -0.1) is 0 Å². The van der Waals surface area contributed by atoms with E-state index >= 15 is 0 Å². The summed E-state index contributed by atoms with van der Waals surface area (Å²) >= 11 is 0. The summed E-state index contributed by atoms with van der Waals surface area (Å²) in [7, 11) is 1.81. The summed E-state index contributed by atoms with van der Waals surface area (Å²) < 4.78 is 5.43. The van der Waals surface area contributed by atoms with Crippen LogP contribution in [-0.4, -0.2) is 49.3 Å². The summed E-state index contributed by atoms with van der Waals surface area (Å²) in [5.41, 5.74) is 0.180. The van der Waals surface area contributed by atoms with Gasteiger partial charge in [0.15, 0.2) is 0 Å². The van der Waals surface area contributed by atoms with Gasteiger partial charge in [0.2, 0.25) is 0 Å². The molecule has 1 aliphatic rings. The maximum Gasteiger partial charge on any atom is 0.0630 e. The molecule has 1 aliphatic carbocycles. The van der Waals surface area contributed by atoms with Crippen LogP contribution in [0.2, 0.25) is 0 Å². The van der Waals surface area contributed by atoms with E-state index in [4.69, 9.17) is 4.74 Å². The minimum Gasteiger partial charge on any atom is -0.383 e. The van der Waals surface area contributed by atoms with Crippen LogP contribution >= 0.6 is 0 Å². The lowest BCUT2D eigenvalue weighted by Gasteiger charge is -2.35. The van der Waals surface area contributed by atoms with Gasteiger partial charge in [-0.2, -0.15) is 0 Å². The molecule has 0 aromatic rings. The molecule has 1 fully saturated rings. The van der Waals surface area contributed by atoms with Crippen molar-refractivity contribution in [2.24, 2.45) is 5.92 Å². The highest BCUT2D eigenvalue weighted by Crippen LogP contribution is 2.29. The molecule has 0 aromatic heterocycles. The normalized spacial score (nSPS) is 18.7. The van der Waals surface area contributed by atoms with Gasteiger partial charge in [-0.3, -0.25) is 4.90 Å². The van der Waals surface area contributed by atoms with Crippen molar-refractivity contribution in [2.75, 3.05) is 26.8 Å². The topological polar surface area (TPSA) is 24.5 Å². The third-order valence-electron chi connectivity index (χ3n) is 3.29. The summed E-state index contributed by atoms with van der Waals surface area (Å²) in [6.07, 6.45) is 2.73. The summed E-state index contributed by atoms with van der Waals surface area (Å²) in [6.45, 7) is 14.3. The zero-order valence-electron chi connectivity index (χ0n) is 13.1. The van der Waals surface area contributed by atoms with Gasteiger partial charge in [-0.25, -0.2) is 0 Å². The minimum atomic E-state index is 0.180. The molecule has 0 heterocycles. The van der Waals surface area contributed by atoms with Crippen molar-refractivity contribution in [3.8, 4) is 0 Å². The zero-order chi connectivity index (χ0) is 13.8. The van der Waals surface area contributed by atoms with Gasteiger partial charge in [-0.1, -0.05) is 13.8 Å². The maximum atomic E-state index is 5.43. The minimum absolute atomic E-state index is 0.180.